The minimum Gasteiger partial charge on any atom is -0.338 e. The van der Waals surface area contributed by atoms with Crippen molar-refractivity contribution in [2.45, 2.75) is 44.9 Å². The molecule has 25 heavy (non-hydrogen) atoms. The second-order valence-corrected chi connectivity index (χ2v) is 6.70. The number of carbonyl (C=O) groups is 1. The Morgan fingerprint density at radius 1 is 1.20 bits per heavy atom. The number of fused-ring (bicyclic) bond motifs is 1. The normalized spacial score (nSPS) is 15.7. The summed E-state index contributed by atoms with van der Waals surface area (Å²) in [6, 6.07) is 12.2. The molecule has 3 nitrogen and oxygen atoms in total. The van der Waals surface area contributed by atoms with E-state index in [2.05, 4.69) is 35.8 Å². The largest absolute Gasteiger partial charge is 0.338 e. The number of aryl methyl sites for hydroxylation is 1. The lowest BCUT2D eigenvalue weighted by Crippen LogP contribution is -2.30. The maximum atomic E-state index is 12.8. The lowest BCUT2D eigenvalue weighted by Gasteiger charge is -2.11. The standard InChI is InChI=1S/C21H25FN2O/c1-2-3-16-5-6-17-14-15(4-11-20(16)17)12-13-23-21(25)24-19-9-7-18(22)8-10-19/h4,7-11,14,16H,2-3,5-6,12-13H2,1H3,(H2,23,24,25). The third-order valence-electron chi connectivity index (χ3n) is 4.85. The van der Waals surface area contributed by atoms with Crippen molar-refractivity contribution in [3.63, 3.8) is 0 Å². The fourth-order valence-corrected chi connectivity index (χ4v) is 3.59. The Labute approximate surface area is 148 Å². The molecular formula is C21H25FN2O. The van der Waals surface area contributed by atoms with Crippen LogP contribution >= 0.6 is 0 Å². The third-order valence-corrected chi connectivity index (χ3v) is 4.85. The Kier molecular flexibility index (Phi) is 5.69. The van der Waals surface area contributed by atoms with Crippen LogP contribution in [0.15, 0.2) is 42.5 Å². The Morgan fingerprint density at radius 3 is 2.76 bits per heavy atom. The molecule has 1 aliphatic carbocycles. The first-order valence-corrected chi connectivity index (χ1v) is 9.08. The number of nitrogens with one attached hydrogen (secondary N) is 2. The molecule has 0 aliphatic heterocycles. The van der Waals surface area contributed by atoms with E-state index in [1.165, 1.54) is 54.5 Å². The highest BCUT2D eigenvalue weighted by molar-refractivity contribution is 5.89. The number of urea groups is 1. The molecule has 0 radical (unpaired) electrons. The summed E-state index contributed by atoms with van der Waals surface area (Å²) in [5.74, 6) is 0.414. The van der Waals surface area contributed by atoms with Crippen LogP contribution in [0.2, 0.25) is 0 Å². The van der Waals surface area contributed by atoms with Gasteiger partial charge in [-0.15, -0.1) is 0 Å². The summed E-state index contributed by atoms with van der Waals surface area (Å²) < 4.78 is 12.8. The average molecular weight is 340 g/mol. The minimum absolute atomic E-state index is 0.268. The van der Waals surface area contributed by atoms with Gasteiger partial charge in [0.25, 0.3) is 0 Å². The highest BCUT2D eigenvalue weighted by Crippen LogP contribution is 2.36. The smallest absolute Gasteiger partial charge is 0.319 e. The van der Waals surface area contributed by atoms with E-state index >= 15 is 0 Å². The van der Waals surface area contributed by atoms with E-state index in [1.807, 2.05) is 0 Å². The van der Waals surface area contributed by atoms with Crippen molar-refractivity contribution in [1.29, 1.82) is 0 Å². The Bertz CT molecular complexity index is 727. The molecule has 0 bridgehead atoms. The van der Waals surface area contributed by atoms with Crippen LogP contribution in [-0.2, 0) is 12.8 Å². The molecule has 4 heteroatoms. The van der Waals surface area contributed by atoms with E-state index in [1.54, 1.807) is 12.1 Å². The lowest BCUT2D eigenvalue weighted by molar-refractivity contribution is 0.252. The number of amides is 2. The van der Waals surface area contributed by atoms with Gasteiger partial charge in [0.1, 0.15) is 5.82 Å². The van der Waals surface area contributed by atoms with Gasteiger partial charge in [0.05, 0.1) is 0 Å². The molecule has 0 heterocycles. The van der Waals surface area contributed by atoms with E-state index in [4.69, 9.17) is 0 Å². The van der Waals surface area contributed by atoms with Gasteiger partial charge in [0.15, 0.2) is 0 Å². The van der Waals surface area contributed by atoms with Crippen molar-refractivity contribution in [1.82, 2.24) is 5.32 Å². The van der Waals surface area contributed by atoms with Crippen molar-refractivity contribution in [2.24, 2.45) is 0 Å². The Hall–Kier alpha value is -2.36. The molecule has 2 N–H and O–H groups in total. The number of rotatable bonds is 6. The van der Waals surface area contributed by atoms with E-state index in [0.29, 0.717) is 12.2 Å². The van der Waals surface area contributed by atoms with E-state index < -0.39 is 0 Å². The second kappa shape index (κ2) is 8.15. The molecule has 0 saturated carbocycles. The molecule has 132 valence electrons. The van der Waals surface area contributed by atoms with Gasteiger partial charge in [-0.1, -0.05) is 31.5 Å². The van der Waals surface area contributed by atoms with Gasteiger partial charge in [-0.05, 0) is 72.6 Å². The number of carbonyl (C=O) groups excluding carboxylic acids is 1. The first-order valence-electron chi connectivity index (χ1n) is 9.08. The third kappa shape index (κ3) is 4.59. The van der Waals surface area contributed by atoms with Crippen LogP contribution in [0.1, 0.15) is 48.8 Å². The summed E-state index contributed by atoms with van der Waals surface area (Å²) in [6.45, 7) is 2.82. The molecule has 2 aromatic rings. The summed E-state index contributed by atoms with van der Waals surface area (Å²) in [4.78, 5) is 11.9. The van der Waals surface area contributed by atoms with Gasteiger partial charge in [-0.25, -0.2) is 9.18 Å². The first-order chi connectivity index (χ1) is 12.2. The van der Waals surface area contributed by atoms with Crippen LogP contribution in [0.4, 0.5) is 14.9 Å². The number of hydrogen-bond donors (Lipinski definition) is 2. The summed E-state index contributed by atoms with van der Waals surface area (Å²) in [5, 5.41) is 5.55. The van der Waals surface area contributed by atoms with Gasteiger partial charge in [0.2, 0.25) is 0 Å². The maximum absolute atomic E-state index is 12.8. The molecule has 0 saturated heterocycles. The predicted molar refractivity (Wildman–Crippen MR) is 99.5 cm³/mol. The highest BCUT2D eigenvalue weighted by atomic mass is 19.1. The zero-order valence-electron chi connectivity index (χ0n) is 14.6. The second-order valence-electron chi connectivity index (χ2n) is 6.70. The quantitative estimate of drug-likeness (QED) is 0.762. The van der Waals surface area contributed by atoms with Gasteiger partial charge >= 0.3 is 6.03 Å². The van der Waals surface area contributed by atoms with Crippen LogP contribution in [0.3, 0.4) is 0 Å². The molecule has 1 unspecified atom stereocenters. The van der Waals surface area contributed by atoms with Gasteiger partial charge < -0.3 is 10.6 Å². The molecular weight excluding hydrogens is 315 g/mol. The zero-order chi connectivity index (χ0) is 17.6. The van der Waals surface area contributed by atoms with Gasteiger partial charge in [-0.2, -0.15) is 0 Å². The molecule has 1 aliphatic rings. The molecule has 1 atom stereocenters. The van der Waals surface area contributed by atoms with Crippen LogP contribution in [0.5, 0.6) is 0 Å². The van der Waals surface area contributed by atoms with E-state index in [0.717, 1.165) is 12.3 Å². The highest BCUT2D eigenvalue weighted by Gasteiger charge is 2.21. The average Bonchev–Trinajstić information content (AvgIpc) is 3.00. The van der Waals surface area contributed by atoms with Gasteiger partial charge in [0, 0.05) is 12.2 Å². The van der Waals surface area contributed by atoms with Crippen LogP contribution < -0.4 is 10.6 Å². The molecule has 0 spiro atoms. The van der Waals surface area contributed by atoms with Crippen LogP contribution in [-0.4, -0.2) is 12.6 Å². The maximum Gasteiger partial charge on any atom is 0.319 e. The predicted octanol–water partition coefficient (Wildman–Crippen LogP) is 5.02. The number of anilines is 1. The topological polar surface area (TPSA) is 41.1 Å². The van der Waals surface area contributed by atoms with Crippen LogP contribution in [0.25, 0.3) is 0 Å². The van der Waals surface area contributed by atoms with Gasteiger partial charge in [-0.3, -0.25) is 0 Å². The molecule has 3 rings (SSSR count). The zero-order valence-corrected chi connectivity index (χ0v) is 14.6. The van der Waals surface area contributed by atoms with Crippen molar-refractivity contribution in [3.8, 4) is 0 Å². The van der Waals surface area contributed by atoms with Crippen molar-refractivity contribution in [3.05, 3.63) is 65.0 Å². The molecule has 0 fully saturated rings. The SMILES string of the molecule is CCCC1CCc2cc(CCNC(=O)Nc3ccc(F)cc3)ccc21. The molecule has 0 aromatic heterocycles. The van der Waals surface area contributed by atoms with Crippen molar-refractivity contribution < 1.29 is 9.18 Å². The summed E-state index contributed by atoms with van der Waals surface area (Å²) in [5.41, 5.74) is 4.84. The minimum atomic E-state index is -0.316. The van der Waals surface area contributed by atoms with Crippen molar-refractivity contribution in [2.75, 3.05) is 11.9 Å². The summed E-state index contributed by atoms with van der Waals surface area (Å²) >= 11 is 0. The number of benzene rings is 2. The molecule has 2 amide bonds. The monoisotopic (exact) mass is 340 g/mol. The summed E-state index contributed by atoms with van der Waals surface area (Å²) in [7, 11) is 0. The number of hydrogen-bond acceptors (Lipinski definition) is 1. The van der Waals surface area contributed by atoms with Crippen LogP contribution in [0, 0.1) is 5.82 Å². The lowest BCUT2D eigenvalue weighted by atomic mass is 9.95. The summed E-state index contributed by atoms with van der Waals surface area (Å²) in [6.07, 6.45) is 5.76. The van der Waals surface area contributed by atoms with E-state index in [-0.39, 0.29) is 11.8 Å². The Morgan fingerprint density at radius 2 is 2.00 bits per heavy atom. The molecule has 2 aromatic carbocycles. The first kappa shape index (κ1) is 17.5. The Balaban J connectivity index is 1.47. The fourth-order valence-electron chi connectivity index (χ4n) is 3.59. The van der Waals surface area contributed by atoms with E-state index in [9.17, 15) is 9.18 Å². The van der Waals surface area contributed by atoms with Crippen molar-refractivity contribution >= 4 is 11.7 Å². The number of halogens is 1. The fraction of sp³-hybridized carbons (Fsp3) is 0.381.